The van der Waals surface area contributed by atoms with E-state index in [1.165, 1.54) is 22.7 Å². The second kappa shape index (κ2) is 9.91. The highest BCUT2D eigenvalue weighted by atomic mass is 79.9. The molecule has 0 spiro atoms. The van der Waals surface area contributed by atoms with Crippen LogP contribution in [-0.4, -0.2) is 34.3 Å². The number of halogens is 3. The molecule has 1 aliphatic heterocycles. The summed E-state index contributed by atoms with van der Waals surface area (Å²) in [7, 11) is 0. The van der Waals surface area contributed by atoms with E-state index in [-0.39, 0.29) is 5.91 Å². The quantitative estimate of drug-likeness (QED) is 0.323. The van der Waals surface area contributed by atoms with Crippen molar-refractivity contribution in [2.75, 3.05) is 13.1 Å². The molecule has 3 aromatic rings. The number of rotatable bonds is 2. The van der Waals surface area contributed by atoms with Crippen LogP contribution >= 0.6 is 43.5 Å². The van der Waals surface area contributed by atoms with E-state index < -0.39 is 0 Å². The predicted octanol–water partition coefficient (Wildman–Crippen LogP) is 4.68. The maximum Gasteiger partial charge on any atom is 0.268 e. The average Bonchev–Trinajstić information content (AvgIpc) is 3.00. The second-order valence-corrected chi connectivity index (χ2v) is 11.0. The van der Waals surface area contributed by atoms with Gasteiger partial charge >= 0.3 is 0 Å². The van der Waals surface area contributed by atoms with Gasteiger partial charge in [0.1, 0.15) is 0 Å². The van der Waals surface area contributed by atoms with E-state index in [0.717, 1.165) is 72.9 Å². The first-order valence-corrected chi connectivity index (χ1v) is 13.4. The van der Waals surface area contributed by atoms with Gasteiger partial charge in [-0.2, -0.15) is 0 Å². The van der Waals surface area contributed by atoms with E-state index in [1.807, 2.05) is 17.0 Å². The molecule has 3 heterocycles. The topological polar surface area (TPSA) is 68.5 Å². The molecule has 180 valence electrons. The van der Waals surface area contributed by atoms with Crippen molar-refractivity contribution in [2.24, 2.45) is 0 Å². The van der Waals surface area contributed by atoms with Crippen LogP contribution < -0.4 is 9.46 Å². The number of hydrogen-bond acceptors (Lipinski definition) is 3. The Morgan fingerprint density at radius 1 is 1.03 bits per heavy atom. The Morgan fingerprint density at radius 2 is 1.74 bits per heavy atom. The first-order valence-electron chi connectivity index (χ1n) is 11.4. The number of carbonyl (C=O) groups is 1. The first kappa shape index (κ1) is 24.3. The Balaban J connectivity index is 1.50. The normalized spacial score (nSPS) is 15.5. The molecule has 0 unspecified atom stereocenters. The number of likely N-dealkylation sites (tertiary alicyclic amines) is 1. The summed E-state index contributed by atoms with van der Waals surface area (Å²) in [6, 6.07) is 9.50. The van der Waals surface area contributed by atoms with Crippen LogP contribution in [0.15, 0.2) is 63.4 Å². The largest absolute Gasteiger partial charge is 0.342 e. The lowest BCUT2D eigenvalue weighted by molar-refractivity contribution is -0.906. The predicted molar refractivity (Wildman–Crippen MR) is 137 cm³/mol. The Morgan fingerprint density at radius 3 is 2.46 bits per heavy atom. The van der Waals surface area contributed by atoms with Crippen molar-refractivity contribution in [3.8, 4) is 0 Å². The van der Waals surface area contributed by atoms with Gasteiger partial charge in [0.2, 0.25) is 24.5 Å². The highest BCUT2D eigenvalue weighted by Crippen LogP contribution is 2.41. The fraction of sp³-hybridized carbons (Fsp3) is 0.269. The van der Waals surface area contributed by atoms with Crippen LogP contribution in [0, 0.1) is 0 Å². The highest BCUT2D eigenvalue weighted by molar-refractivity contribution is 9.10. The number of amides is 1. The van der Waals surface area contributed by atoms with Gasteiger partial charge < -0.3 is 4.90 Å². The van der Waals surface area contributed by atoms with Gasteiger partial charge in [-0.25, -0.2) is 0 Å². The monoisotopic (exact) mass is 619 g/mol. The molecule has 2 aliphatic rings. The molecule has 1 aromatic carbocycles. The van der Waals surface area contributed by atoms with Gasteiger partial charge in [-0.1, -0.05) is 23.2 Å². The van der Waals surface area contributed by atoms with Crippen molar-refractivity contribution in [3.63, 3.8) is 0 Å². The minimum Gasteiger partial charge on any atom is -0.342 e. The second-order valence-electron chi connectivity index (χ2n) is 8.89. The highest BCUT2D eigenvalue weighted by Gasteiger charge is 2.33. The molecule has 0 saturated carbocycles. The summed E-state index contributed by atoms with van der Waals surface area (Å²) in [5.41, 5.74) is 7.19. The van der Waals surface area contributed by atoms with Crippen LogP contribution in [0.5, 0.6) is 0 Å². The minimum absolute atomic E-state index is 0.0714. The van der Waals surface area contributed by atoms with E-state index >= 15 is 0 Å². The Kier molecular flexibility index (Phi) is 6.88. The van der Waals surface area contributed by atoms with Gasteiger partial charge in [-0.05, 0) is 86.4 Å². The summed E-state index contributed by atoms with van der Waals surface area (Å²) < 4.78 is 3.90. The zero-order chi connectivity index (χ0) is 24.7. The third kappa shape index (κ3) is 4.84. The van der Waals surface area contributed by atoms with Crippen LogP contribution in [0.2, 0.25) is 5.02 Å². The Labute approximate surface area is 225 Å². The van der Waals surface area contributed by atoms with Crippen molar-refractivity contribution >= 4 is 54.9 Å². The lowest BCUT2D eigenvalue weighted by atomic mass is 9.88. The summed E-state index contributed by atoms with van der Waals surface area (Å²) in [5, 5.41) is 21.0. The average molecular weight is 622 g/mol. The molecule has 1 fully saturated rings. The molecule has 1 saturated heterocycles. The number of aromatic nitrogens is 2. The molecule has 2 N–H and O–H groups in total. The lowest BCUT2D eigenvalue weighted by Gasteiger charge is -2.30. The number of nitrogens with zero attached hydrogens (tertiary/aromatic N) is 3. The summed E-state index contributed by atoms with van der Waals surface area (Å²) >= 11 is 13.6. The Bertz CT molecular complexity index is 1350. The first-order chi connectivity index (χ1) is 16.8. The maximum atomic E-state index is 12.9. The summed E-state index contributed by atoms with van der Waals surface area (Å²) in [4.78, 5) is 14.8. The van der Waals surface area contributed by atoms with Gasteiger partial charge in [0.15, 0.2) is 0 Å². The third-order valence-corrected chi connectivity index (χ3v) is 8.63. The number of fused-ring (bicyclic) bond motifs is 2. The number of pyridine rings is 2. The van der Waals surface area contributed by atoms with E-state index in [9.17, 15) is 15.2 Å². The number of hydrogen-bond donors (Lipinski definition) is 2. The molecule has 6 nitrogen and oxygen atoms in total. The molecule has 9 heteroatoms. The Hall–Kier alpha value is -2.42. The van der Waals surface area contributed by atoms with Crippen molar-refractivity contribution in [1.29, 1.82) is 0 Å². The molecule has 0 atom stereocenters. The van der Waals surface area contributed by atoms with Crippen LogP contribution in [-0.2, 0) is 24.1 Å². The molecule has 35 heavy (non-hydrogen) atoms. The number of benzene rings is 1. The fourth-order valence-corrected chi connectivity index (χ4v) is 6.20. The van der Waals surface area contributed by atoms with Gasteiger partial charge in [-0.3, -0.25) is 15.2 Å². The smallest absolute Gasteiger partial charge is 0.268 e. The van der Waals surface area contributed by atoms with Crippen LogP contribution in [0.25, 0.3) is 5.57 Å². The van der Waals surface area contributed by atoms with E-state index in [1.54, 1.807) is 18.3 Å². The van der Waals surface area contributed by atoms with Crippen LogP contribution in [0.3, 0.4) is 0 Å². The third-order valence-electron chi connectivity index (χ3n) is 6.75. The van der Waals surface area contributed by atoms with Gasteiger partial charge in [0, 0.05) is 44.7 Å². The number of carbonyl (C=O) groups excluding carboxylic acids is 1. The molecule has 0 bridgehead atoms. The minimum atomic E-state index is 0.0714. The summed E-state index contributed by atoms with van der Waals surface area (Å²) in [6.07, 6.45) is 8.03. The van der Waals surface area contributed by atoms with Crippen molar-refractivity contribution in [3.05, 3.63) is 96.4 Å². The molecular formula is C26H24Br2ClN3O3+2. The molecule has 1 aliphatic carbocycles. The molecule has 1 amide bonds. The summed E-state index contributed by atoms with van der Waals surface area (Å²) in [6.45, 7) is 1.23. The van der Waals surface area contributed by atoms with E-state index in [4.69, 9.17) is 11.6 Å². The van der Waals surface area contributed by atoms with Crippen molar-refractivity contribution in [2.45, 2.75) is 32.1 Å². The van der Waals surface area contributed by atoms with Gasteiger partial charge in [0.25, 0.3) is 5.69 Å². The molecule has 0 radical (unpaired) electrons. The van der Waals surface area contributed by atoms with Crippen LogP contribution in [0.1, 0.15) is 40.8 Å². The number of aryl methyl sites for hydroxylation is 1. The van der Waals surface area contributed by atoms with Crippen molar-refractivity contribution in [1.82, 2.24) is 4.90 Å². The summed E-state index contributed by atoms with van der Waals surface area (Å²) in [5.74, 6) is 0.0714. The standard InChI is InChI=1S/C26H24Br2ClN3O3/c27-19-14-18-1-2-21-20(3-4-22(29)25(21)28)24(26(18)32(35)15-19)17-7-9-30(10-8-17)23(33)13-16-5-11-31(34)12-6-16/h3-6,11-12,14-15,34-35H,1-2,7-10,13H2/q+2. The maximum absolute atomic E-state index is 12.9. The lowest BCUT2D eigenvalue weighted by Crippen LogP contribution is -2.39. The van der Waals surface area contributed by atoms with Crippen LogP contribution in [0.4, 0.5) is 0 Å². The number of piperidine rings is 1. The molecule has 5 rings (SSSR count). The van der Waals surface area contributed by atoms with E-state index in [0.29, 0.717) is 24.5 Å². The zero-order valence-electron chi connectivity index (χ0n) is 18.8. The zero-order valence-corrected chi connectivity index (χ0v) is 22.8. The fourth-order valence-electron chi connectivity index (χ4n) is 5.01. The van der Waals surface area contributed by atoms with Gasteiger partial charge in [-0.15, -0.1) is 0 Å². The van der Waals surface area contributed by atoms with Gasteiger partial charge in [0.05, 0.1) is 21.5 Å². The van der Waals surface area contributed by atoms with Crippen molar-refractivity contribution < 1.29 is 24.7 Å². The molecular weight excluding hydrogens is 598 g/mol. The van der Waals surface area contributed by atoms with E-state index in [2.05, 4.69) is 37.9 Å². The molecule has 2 aromatic heterocycles. The SMILES string of the molecule is O=C(Cc1cc[n+](O)cc1)N1CCC(=C2c3ccc(Cl)c(Br)c3CCc3cc(Br)c[n+](O)c32)CC1.